The summed E-state index contributed by atoms with van der Waals surface area (Å²) >= 11 is 0. The van der Waals surface area contributed by atoms with Crippen molar-refractivity contribution in [2.75, 3.05) is 0 Å². The van der Waals surface area contributed by atoms with Gasteiger partial charge < -0.3 is 5.11 Å². The average Bonchev–Trinajstić information content (AvgIpc) is 3.33. The molecule has 0 aliphatic rings. The summed E-state index contributed by atoms with van der Waals surface area (Å²) in [7, 11) is 0. The van der Waals surface area contributed by atoms with Crippen LogP contribution >= 0.6 is 0 Å². The van der Waals surface area contributed by atoms with E-state index < -0.39 is 0 Å². The van der Waals surface area contributed by atoms with E-state index in [1.165, 1.54) is 5.56 Å². The summed E-state index contributed by atoms with van der Waals surface area (Å²) in [5.41, 5.74) is 3.40. The first kappa shape index (κ1) is 17.0. The van der Waals surface area contributed by atoms with Crippen molar-refractivity contribution in [3.05, 3.63) is 72.6 Å². The second-order valence-electron chi connectivity index (χ2n) is 6.65. The number of aromatic nitrogens is 6. The van der Waals surface area contributed by atoms with Gasteiger partial charge in [-0.2, -0.15) is 10.1 Å². The van der Waals surface area contributed by atoms with Crippen LogP contribution in [0.15, 0.2) is 61.4 Å². The van der Waals surface area contributed by atoms with E-state index in [0.29, 0.717) is 23.8 Å². The Morgan fingerprint density at radius 3 is 2.63 bits per heavy atom. The predicted octanol–water partition coefficient (Wildman–Crippen LogP) is 3.40. The zero-order valence-corrected chi connectivity index (χ0v) is 15.2. The molecule has 4 rings (SSSR count). The Morgan fingerprint density at radius 2 is 1.93 bits per heavy atom. The van der Waals surface area contributed by atoms with Crippen molar-refractivity contribution >= 4 is 0 Å². The lowest BCUT2D eigenvalue weighted by molar-refractivity contribution is 0.440. The van der Waals surface area contributed by atoms with Crippen LogP contribution in [0.3, 0.4) is 0 Å². The van der Waals surface area contributed by atoms with Gasteiger partial charge in [-0.3, -0.25) is 9.25 Å². The summed E-state index contributed by atoms with van der Waals surface area (Å²) in [6.07, 6.45) is 8.71. The van der Waals surface area contributed by atoms with Crippen LogP contribution in [0.2, 0.25) is 0 Å². The van der Waals surface area contributed by atoms with Crippen LogP contribution in [0, 0.1) is 0 Å². The summed E-state index contributed by atoms with van der Waals surface area (Å²) in [4.78, 5) is 12.9. The standard InChI is InChI=1S/C20H20N6O/c1-14(2)17-18(23-20(24-19(17)27)25-9-8-21-13-25)16-10-22-26(12-16)11-15-6-4-3-5-7-15/h3-10,12-14H,11H2,1-2H3,(H,23,24,27). The highest BCUT2D eigenvalue weighted by molar-refractivity contribution is 5.65. The molecule has 0 aliphatic heterocycles. The summed E-state index contributed by atoms with van der Waals surface area (Å²) in [6, 6.07) is 10.1. The quantitative estimate of drug-likeness (QED) is 0.590. The molecule has 7 heteroatoms. The number of imidazole rings is 1. The summed E-state index contributed by atoms with van der Waals surface area (Å²) in [5, 5.41) is 15.0. The smallest absolute Gasteiger partial charge is 0.238 e. The highest BCUT2D eigenvalue weighted by Crippen LogP contribution is 2.33. The Labute approximate surface area is 157 Å². The van der Waals surface area contributed by atoms with Gasteiger partial charge in [-0.05, 0) is 11.5 Å². The molecule has 0 saturated heterocycles. The highest BCUT2D eigenvalue weighted by atomic mass is 16.3. The monoisotopic (exact) mass is 360 g/mol. The van der Waals surface area contributed by atoms with Crippen LogP contribution < -0.4 is 0 Å². The van der Waals surface area contributed by atoms with E-state index in [0.717, 1.165) is 5.56 Å². The zero-order valence-electron chi connectivity index (χ0n) is 15.2. The summed E-state index contributed by atoms with van der Waals surface area (Å²) < 4.78 is 3.53. The van der Waals surface area contributed by atoms with Crippen LogP contribution in [0.5, 0.6) is 5.88 Å². The normalized spacial score (nSPS) is 11.2. The lowest BCUT2D eigenvalue weighted by Gasteiger charge is -2.14. The van der Waals surface area contributed by atoms with E-state index in [1.54, 1.807) is 29.5 Å². The Balaban J connectivity index is 1.76. The third-order valence-corrected chi connectivity index (χ3v) is 4.32. The lowest BCUT2D eigenvalue weighted by atomic mass is 9.99. The predicted molar refractivity (Wildman–Crippen MR) is 102 cm³/mol. The SMILES string of the molecule is CC(C)c1c(O)nc(-n2ccnc2)nc1-c1cnn(Cc2ccccc2)c1. The first-order valence-corrected chi connectivity index (χ1v) is 8.78. The van der Waals surface area contributed by atoms with Gasteiger partial charge in [-0.1, -0.05) is 44.2 Å². The average molecular weight is 360 g/mol. The van der Waals surface area contributed by atoms with Crippen molar-refractivity contribution in [2.24, 2.45) is 0 Å². The molecule has 1 N–H and O–H groups in total. The molecule has 27 heavy (non-hydrogen) atoms. The van der Waals surface area contributed by atoms with E-state index in [2.05, 4.69) is 32.2 Å². The van der Waals surface area contributed by atoms with Crippen LogP contribution in [-0.4, -0.2) is 34.4 Å². The molecular formula is C20H20N6O. The van der Waals surface area contributed by atoms with E-state index in [1.807, 2.05) is 42.9 Å². The van der Waals surface area contributed by atoms with Crippen LogP contribution in [0.1, 0.15) is 30.9 Å². The first-order chi connectivity index (χ1) is 13.1. The minimum atomic E-state index is -0.0190. The van der Waals surface area contributed by atoms with E-state index in [9.17, 15) is 5.11 Å². The van der Waals surface area contributed by atoms with Crippen molar-refractivity contribution in [3.63, 3.8) is 0 Å². The Kier molecular flexibility index (Phi) is 4.42. The minimum Gasteiger partial charge on any atom is -0.493 e. The van der Waals surface area contributed by atoms with Gasteiger partial charge in [0.25, 0.3) is 0 Å². The molecular weight excluding hydrogens is 340 g/mol. The molecule has 7 nitrogen and oxygen atoms in total. The Morgan fingerprint density at radius 1 is 1.11 bits per heavy atom. The number of hydrogen-bond acceptors (Lipinski definition) is 5. The zero-order chi connectivity index (χ0) is 18.8. The fourth-order valence-electron chi connectivity index (χ4n) is 3.03. The first-order valence-electron chi connectivity index (χ1n) is 8.78. The number of nitrogens with zero attached hydrogens (tertiary/aromatic N) is 6. The second kappa shape index (κ2) is 7.03. The maximum absolute atomic E-state index is 10.5. The molecule has 3 heterocycles. The van der Waals surface area contributed by atoms with Gasteiger partial charge in [-0.25, -0.2) is 9.97 Å². The van der Waals surface area contributed by atoms with Gasteiger partial charge in [0.2, 0.25) is 11.8 Å². The van der Waals surface area contributed by atoms with E-state index >= 15 is 0 Å². The van der Waals surface area contributed by atoms with Crippen molar-refractivity contribution in [2.45, 2.75) is 26.3 Å². The van der Waals surface area contributed by atoms with Gasteiger partial charge in [0, 0.05) is 29.7 Å². The van der Waals surface area contributed by atoms with Gasteiger partial charge in [0.1, 0.15) is 6.33 Å². The molecule has 0 aliphatic carbocycles. The Bertz CT molecular complexity index is 1040. The number of hydrogen-bond donors (Lipinski definition) is 1. The molecule has 136 valence electrons. The number of aromatic hydroxyl groups is 1. The van der Waals surface area contributed by atoms with Crippen molar-refractivity contribution < 1.29 is 5.11 Å². The van der Waals surface area contributed by atoms with Crippen molar-refractivity contribution in [1.82, 2.24) is 29.3 Å². The third-order valence-electron chi connectivity index (χ3n) is 4.32. The van der Waals surface area contributed by atoms with Crippen LogP contribution in [-0.2, 0) is 6.54 Å². The molecule has 0 saturated carbocycles. The molecule has 0 spiro atoms. The van der Waals surface area contributed by atoms with Gasteiger partial charge in [0.05, 0.1) is 18.4 Å². The van der Waals surface area contributed by atoms with E-state index in [-0.39, 0.29) is 11.8 Å². The van der Waals surface area contributed by atoms with Crippen molar-refractivity contribution in [3.8, 4) is 23.1 Å². The van der Waals surface area contributed by atoms with Crippen LogP contribution in [0.4, 0.5) is 0 Å². The minimum absolute atomic E-state index is 0.0190. The molecule has 1 aromatic carbocycles. The molecule has 3 aromatic heterocycles. The number of rotatable bonds is 5. The molecule has 0 bridgehead atoms. The van der Waals surface area contributed by atoms with Crippen LogP contribution in [0.25, 0.3) is 17.2 Å². The molecule has 0 fully saturated rings. The second-order valence-corrected chi connectivity index (χ2v) is 6.65. The molecule has 0 unspecified atom stereocenters. The molecule has 4 aromatic rings. The molecule has 0 amide bonds. The van der Waals surface area contributed by atoms with Crippen molar-refractivity contribution in [1.29, 1.82) is 0 Å². The fourth-order valence-corrected chi connectivity index (χ4v) is 3.03. The van der Waals surface area contributed by atoms with Gasteiger partial charge >= 0.3 is 0 Å². The Hall–Kier alpha value is -3.48. The highest BCUT2D eigenvalue weighted by Gasteiger charge is 2.20. The van der Waals surface area contributed by atoms with Gasteiger partial charge in [-0.15, -0.1) is 0 Å². The summed E-state index contributed by atoms with van der Waals surface area (Å²) in [6.45, 7) is 4.68. The summed E-state index contributed by atoms with van der Waals surface area (Å²) in [5.74, 6) is 0.420. The molecule has 0 atom stereocenters. The van der Waals surface area contributed by atoms with Gasteiger partial charge in [0.15, 0.2) is 0 Å². The fraction of sp³-hybridized carbons (Fsp3) is 0.200. The number of benzene rings is 1. The molecule has 0 radical (unpaired) electrons. The largest absolute Gasteiger partial charge is 0.493 e. The maximum Gasteiger partial charge on any atom is 0.238 e. The maximum atomic E-state index is 10.5. The van der Waals surface area contributed by atoms with E-state index in [4.69, 9.17) is 0 Å². The third kappa shape index (κ3) is 3.44. The topological polar surface area (TPSA) is 81.7 Å². The lowest BCUT2D eigenvalue weighted by Crippen LogP contribution is -2.05.